The van der Waals surface area contributed by atoms with Gasteiger partial charge in [-0.05, 0) is 43.6 Å². The van der Waals surface area contributed by atoms with E-state index in [1.807, 2.05) is 14.1 Å². The number of rotatable bonds is 9. The number of likely N-dealkylation sites (N-methyl/N-ethyl adjacent to an activating group) is 1. The van der Waals surface area contributed by atoms with Crippen LogP contribution in [0.1, 0.15) is 25.3 Å². The first-order chi connectivity index (χ1) is 12.1. The fourth-order valence-corrected chi connectivity index (χ4v) is 3.17. The third-order valence-corrected chi connectivity index (χ3v) is 4.98. The largest absolute Gasteiger partial charge is 0.378 e. The molecule has 1 aromatic carbocycles. The molecular weight excluding hydrogens is 312 g/mol. The Morgan fingerprint density at radius 2 is 1.72 bits per heavy atom. The average molecular weight is 347 g/mol. The molecule has 0 atom stereocenters. The fraction of sp³-hybridized carbons (Fsp3) is 0.650. The van der Waals surface area contributed by atoms with Crippen molar-refractivity contribution in [1.82, 2.24) is 15.1 Å². The predicted octanol–water partition coefficient (Wildman–Crippen LogP) is 1.83. The quantitative estimate of drug-likeness (QED) is 0.693. The summed E-state index contributed by atoms with van der Waals surface area (Å²) in [6.07, 6.45) is 2.41. The van der Waals surface area contributed by atoms with Gasteiger partial charge in [-0.2, -0.15) is 0 Å². The zero-order valence-electron chi connectivity index (χ0n) is 16.1. The van der Waals surface area contributed by atoms with Gasteiger partial charge in [-0.3, -0.25) is 4.79 Å². The summed E-state index contributed by atoms with van der Waals surface area (Å²) in [5.74, 6) is 0.160. The summed E-state index contributed by atoms with van der Waals surface area (Å²) in [6, 6.07) is 8.42. The normalized spacial score (nSPS) is 16.0. The molecule has 1 aliphatic rings. The molecule has 0 spiro atoms. The van der Waals surface area contributed by atoms with Crippen molar-refractivity contribution in [2.45, 2.75) is 26.2 Å². The van der Waals surface area contributed by atoms with Crippen LogP contribution in [0.5, 0.6) is 0 Å². The van der Waals surface area contributed by atoms with Crippen molar-refractivity contribution >= 4 is 11.6 Å². The second kappa shape index (κ2) is 10.4. The fourth-order valence-electron chi connectivity index (χ4n) is 3.17. The Morgan fingerprint density at radius 3 is 2.32 bits per heavy atom. The summed E-state index contributed by atoms with van der Waals surface area (Å²) < 4.78 is 0. The smallest absolute Gasteiger partial charge is 0.220 e. The van der Waals surface area contributed by atoms with Crippen molar-refractivity contribution < 1.29 is 4.79 Å². The molecule has 1 saturated heterocycles. The predicted molar refractivity (Wildman–Crippen MR) is 105 cm³/mol. The van der Waals surface area contributed by atoms with Gasteiger partial charge in [0.1, 0.15) is 0 Å². The molecule has 0 aliphatic carbocycles. The topological polar surface area (TPSA) is 38.8 Å². The lowest BCUT2D eigenvalue weighted by Crippen LogP contribution is -2.46. The van der Waals surface area contributed by atoms with Gasteiger partial charge in [0, 0.05) is 58.9 Å². The van der Waals surface area contributed by atoms with E-state index in [1.54, 1.807) is 0 Å². The summed E-state index contributed by atoms with van der Waals surface area (Å²) in [6.45, 7) is 9.92. The molecule has 0 radical (unpaired) electrons. The Morgan fingerprint density at radius 1 is 1.08 bits per heavy atom. The molecule has 5 nitrogen and oxygen atoms in total. The Bertz CT molecular complexity index is 507. The van der Waals surface area contributed by atoms with Crippen LogP contribution in [0.25, 0.3) is 0 Å². The van der Waals surface area contributed by atoms with Crippen LogP contribution in [0.3, 0.4) is 0 Å². The summed E-state index contributed by atoms with van der Waals surface area (Å²) in [5.41, 5.74) is 2.41. The molecule has 0 bridgehead atoms. The highest BCUT2D eigenvalue weighted by Crippen LogP contribution is 2.13. The van der Waals surface area contributed by atoms with Crippen LogP contribution in [0.2, 0.25) is 0 Å². The van der Waals surface area contributed by atoms with E-state index in [1.165, 1.54) is 24.3 Å². The van der Waals surface area contributed by atoms with Gasteiger partial charge in [-0.1, -0.05) is 19.1 Å². The Hall–Kier alpha value is -1.59. The summed E-state index contributed by atoms with van der Waals surface area (Å²) >= 11 is 0. The third kappa shape index (κ3) is 7.04. The second-order valence-corrected chi connectivity index (χ2v) is 7.04. The van der Waals surface area contributed by atoms with Crippen molar-refractivity contribution in [3.63, 3.8) is 0 Å². The maximum Gasteiger partial charge on any atom is 0.220 e. The maximum atomic E-state index is 12.0. The minimum atomic E-state index is 0.160. The minimum Gasteiger partial charge on any atom is -0.378 e. The maximum absolute atomic E-state index is 12.0. The molecule has 0 unspecified atom stereocenters. The summed E-state index contributed by atoms with van der Waals surface area (Å²) in [4.78, 5) is 19.1. The van der Waals surface area contributed by atoms with Crippen molar-refractivity contribution in [1.29, 1.82) is 0 Å². The molecule has 5 heteroatoms. The van der Waals surface area contributed by atoms with E-state index in [2.05, 4.69) is 51.2 Å². The van der Waals surface area contributed by atoms with Crippen LogP contribution in [0.4, 0.5) is 5.69 Å². The minimum absolute atomic E-state index is 0.160. The number of anilines is 1. The summed E-state index contributed by atoms with van der Waals surface area (Å²) in [5, 5.41) is 3.06. The van der Waals surface area contributed by atoms with Crippen LogP contribution in [-0.4, -0.2) is 75.6 Å². The van der Waals surface area contributed by atoms with Gasteiger partial charge in [0.05, 0.1) is 0 Å². The number of nitrogens with zero attached hydrogens (tertiary/aromatic N) is 3. The first-order valence-corrected chi connectivity index (χ1v) is 9.56. The number of hydrogen-bond donors (Lipinski definition) is 1. The van der Waals surface area contributed by atoms with E-state index in [0.717, 1.165) is 45.6 Å². The van der Waals surface area contributed by atoms with Crippen LogP contribution in [-0.2, 0) is 11.2 Å². The van der Waals surface area contributed by atoms with E-state index < -0.39 is 0 Å². The Labute approximate surface area is 153 Å². The first-order valence-electron chi connectivity index (χ1n) is 9.56. The van der Waals surface area contributed by atoms with E-state index in [-0.39, 0.29) is 5.91 Å². The van der Waals surface area contributed by atoms with Crippen molar-refractivity contribution in [3.8, 4) is 0 Å². The van der Waals surface area contributed by atoms with E-state index in [9.17, 15) is 4.79 Å². The molecule has 1 amide bonds. The second-order valence-electron chi connectivity index (χ2n) is 7.04. The zero-order valence-corrected chi connectivity index (χ0v) is 16.1. The van der Waals surface area contributed by atoms with Crippen LogP contribution in [0.15, 0.2) is 24.3 Å². The van der Waals surface area contributed by atoms with Crippen molar-refractivity contribution in [2.24, 2.45) is 0 Å². The van der Waals surface area contributed by atoms with Gasteiger partial charge in [-0.25, -0.2) is 0 Å². The highest BCUT2D eigenvalue weighted by Gasteiger charge is 2.14. The molecular formula is C20H34N4O. The third-order valence-electron chi connectivity index (χ3n) is 4.98. The molecule has 1 fully saturated rings. The molecule has 0 aromatic heterocycles. The lowest BCUT2D eigenvalue weighted by molar-refractivity contribution is -0.121. The number of carbonyl (C=O) groups is 1. The average Bonchev–Trinajstić information content (AvgIpc) is 2.64. The monoisotopic (exact) mass is 346 g/mol. The van der Waals surface area contributed by atoms with Gasteiger partial charge in [0.25, 0.3) is 0 Å². The first kappa shape index (κ1) is 19.7. The Kier molecular flexibility index (Phi) is 8.22. The van der Waals surface area contributed by atoms with Gasteiger partial charge in [0.2, 0.25) is 5.91 Å². The van der Waals surface area contributed by atoms with Crippen molar-refractivity contribution in [2.75, 3.05) is 64.8 Å². The van der Waals surface area contributed by atoms with Gasteiger partial charge < -0.3 is 20.0 Å². The molecule has 1 aromatic rings. The molecule has 25 heavy (non-hydrogen) atoms. The SMILES string of the molecule is CCN1CCN(CCCNC(=O)CCc2ccc(N(C)C)cc2)CC1. The Balaban J connectivity index is 1.55. The van der Waals surface area contributed by atoms with Gasteiger partial charge >= 0.3 is 0 Å². The van der Waals surface area contributed by atoms with Crippen LogP contribution in [0, 0.1) is 0 Å². The summed E-state index contributed by atoms with van der Waals surface area (Å²) in [7, 11) is 4.07. The number of nitrogens with one attached hydrogen (secondary N) is 1. The van der Waals surface area contributed by atoms with E-state index in [4.69, 9.17) is 0 Å². The van der Waals surface area contributed by atoms with Gasteiger partial charge in [-0.15, -0.1) is 0 Å². The lowest BCUT2D eigenvalue weighted by Gasteiger charge is -2.33. The highest BCUT2D eigenvalue weighted by molar-refractivity contribution is 5.76. The molecule has 1 heterocycles. The number of carbonyl (C=O) groups excluding carboxylic acids is 1. The van der Waals surface area contributed by atoms with E-state index >= 15 is 0 Å². The molecule has 140 valence electrons. The van der Waals surface area contributed by atoms with Crippen molar-refractivity contribution in [3.05, 3.63) is 29.8 Å². The number of benzene rings is 1. The molecule has 0 saturated carbocycles. The van der Waals surface area contributed by atoms with Crippen LogP contribution < -0.4 is 10.2 Å². The number of amides is 1. The highest BCUT2D eigenvalue weighted by atomic mass is 16.1. The van der Waals surface area contributed by atoms with Gasteiger partial charge in [0.15, 0.2) is 0 Å². The standard InChI is InChI=1S/C20H34N4O/c1-4-23-14-16-24(17-15-23)13-5-12-21-20(25)11-8-18-6-9-19(10-7-18)22(2)3/h6-7,9-10H,4-5,8,11-17H2,1-3H3,(H,21,25). The number of aryl methyl sites for hydroxylation is 1. The molecule has 1 N–H and O–H groups in total. The van der Waals surface area contributed by atoms with Crippen LogP contribution >= 0.6 is 0 Å². The van der Waals surface area contributed by atoms with E-state index in [0.29, 0.717) is 6.42 Å². The molecule has 2 rings (SSSR count). The zero-order chi connectivity index (χ0) is 18.1. The number of hydrogen-bond acceptors (Lipinski definition) is 4. The number of piperazine rings is 1. The lowest BCUT2D eigenvalue weighted by atomic mass is 10.1. The molecule has 1 aliphatic heterocycles.